The Hall–Kier alpha value is -2.96. The van der Waals surface area contributed by atoms with Gasteiger partial charge >= 0.3 is 0 Å². The van der Waals surface area contributed by atoms with E-state index in [0.29, 0.717) is 12.8 Å². The summed E-state index contributed by atoms with van der Waals surface area (Å²) >= 11 is 0. The topological polar surface area (TPSA) is 85.5 Å². The van der Waals surface area contributed by atoms with Crippen LogP contribution in [0.1, 0.15) is 30.5 Å². The summed E-state index contributed by atoms with van der Waals surface area (Å²) in [5.74, 6) is -1.65. The number of aliphatic hydroxyl groups is 2. The van der Waals surface area contributed by atoms with Crippen molar-refractivity contribution in [3.05, 3.63) is 77.9 Å². The van der Waals surface area contributed by atoms with Gasteiger partial charge < -0.3 is 24.7 Å². The number of rotatable bonds is 9. The van der Waals surface area contributed by atoms with E-state index >= 15 is 0 Å². The van der Waals surface area contributed by atoms with E-state index in [1.54, 1.807) is 12.1 Å². The van der Waals surface area contributed by atoms with Gasteiger partial charge in [-0.1, -0.05) is 30.3 Å². The molecule has 158 valence electrons. The maximum atomic E-state index is 13.4. The molecule has 0 aliphatic carbocycles. The highest BCUT2D eigenvalue weighted by molar-refractivity contribution is 5.69. The average molecular weight is 410 g/mol. The lowest BCUT2D eigenvalue weighted by atomic mass is 9.96. The minimum atomic E-state index is -1.34. The molecule has 2 N–H and O–H groups in total. The second-order valence-electron chi connectivity index (χ2n) is 7.48. The zero-order chi connectivity index (χ0) is 21.7. The Morgan fingerprint density at radius 2 is 1.73 bits per heavy atom. The summed E-state index contributed by atoms with van der Waals surface area (Å²) in [6, 6.07) is 16.1. The number of halogens is 1. The molecule has 0 radical (unpaired) electrons. The molecule has 6 heteroatoms. The van der Waals surface area contributed by atoms with E-state index in [0.717, 1.165) is 28.1 Å². The lowest BCUT2D eigenvalue weighted by Gasteiger charge is -2.16. The number of carboxylic acids is 1. The second-order valence-corrected chi connectivity index (χ2v) is 7.48. The van der Waals surface area contributed by atoms with Crippen LogP contribution < -0.4 is 5.11 Å². The number of carboxylic acid groups (broad SMARTS) is 1. The first-order valence-corrected chi connectivity index (χ1v) is 9.93. The molecule has 3 rings (SSSR count). The highest BCUT2D eigenvalue weighted by Crippen LogP contribution is 2.32. The standard InChI is InChI=1S/C24H26FNO4/c1-16-22(12-11-20(27)13-21(28)14-24(29)30)23(17-7-9-18(25)10-8-17)15-26(16)19-5-3-2-4-6-19/h2-10,15,20-21,27-28H,11-14H2,1H3,(H,29,30)/p-1/t20?,21-/m1/s1. The number of carbonyl (C=O) groups excluding carboxylic acids is 1. The number of aliphatic hydroxyl groups excluding tert-OH is 2. The Bertz CT molecular complexity index is 982. The van der Waals surface area contributed by atoms with E-state index in [-0.39, 0.29) is 12.2 Å². The monoisotopic (exact) mass is 410 g/mol. The van der Waals surface area contributed by atoms with Crippen LogP contribution >= 0.6 is 0 Å². The third kappa shape index (κ3) is 5.34. The van der Waals surface area contributed by atoms with Crippen molar-refractivity contribution in [3.63, 3.8) is 0 Å². The quantitative estimate of drug-likeness (QED) is 0.568. The number of benzene rings is 2. The van der Waals surface area contributed by atoms with Crippen molar-refractivity contribution in [1.82, 2.24) is 4.57 Å². The molecule has 5 nitrogen and oxygen atoms in total. The molecule has 0 amide bonds. The van der Waals surface area contributed by atoms with Gasteiger partial charge in [-0.15, -0.1) is 0 Å². The zero-order valence-corrected chi connectivity index (χ0v) is 16.8. The summed E-state index contributed by atoms with van der Waals surface area (Å²) in [6.45, 7) is 1.99. The molecule has 0 bridgehead atoms. The van der Waals surface area contributed by atoms with Gasteiger partial charge in [0.25, 0.3) is 0 Å². The number of hydrogen-bond donors (Lipinski definition) is 2. The third-order valence-corrected chi connectivity index (χ3v) is 5.25. The van der Waals surface area contributed by atoms with E-state index in [4.69, 9.17) is 0 Å². The van der Waals surface area contributed by atoms with Gasteiger partial charge in [0.15, 0.2) is 0 Å². The van der Waals surface area contributed by atoms with E-state index in [1.807, 2.05) is 43.5 Å². The van der Waals surface area contributed by atoms with Gasteiger partial charge in [-0.3, -0.25) is 0 Å². The first-order chi connectivity index (χ1) is 14.3. The lowest BCUT2D eigenvalue weighted by molar-refractivity contribution is -0.307. The molecule has 0 spiro atoms. The van der Waals surface area contributed by atoms with Gasteiger partial charge in [-0.2, -0.15) is 0 Å². The first kappa shape index (κ1) is 21.7. The molecular formula is C24H25FNO4-. The summed E-state index contributed by atoms with van der Waals surface area (Å²) in [5, 5.41) is 30.6. The number of aromatic nitrogens is 1. The van der Waals surface area contributed by atoms with E-state index in [2.05, 4.69) is 4.57 Å². The van der Waals surface area contributed by atoms with Gasteiger partial charge in [0, 0.05) is 35.5 Å². The van der Waals surface area contributed by atoms with Crippen molar-refractivity contribution < 1.29 is 24.5 Å². The molecule has 30 heavy (non-hydrogen) atoms. The van der Waals surface area contributed by atoms with Crippen LogP contribution in [-0.2, 0) is 11.2 Å². The summed E-state index contributed by atoms with van der Waals surface area (Å²) in [5.41, 5.74) is 4.82. The van der Waals surface area contributed by atoms with Crippen molar-refractivity contribution >= 4 is 5.97 Å². The summed E-state index contributed by atoms with van der Waals surface area (Å²) in [7, 11) is 0. The Balaban J connectivity index is 1.87. The van der Waals surface area contributed by atoms with Crippen LogP contribution in [-0.4, -0.2) is 33.0 Å². The summed E-state index contributed by atoms with van der Waals surface area (Å²) in [6.07, 6.45) is 0.371. The molecule has 0 fully saturated rings. The fourth-order valence-electron chi connectivity index (χ4n) is 3.71. The van der Waals surface area contributed by atoms with Crippen LogP contribution in [0.15, 0.2) is 60.8 Å². The second kappa shape index (κ2) is 9.69. The van der Waals surface area contributed by atoms with Gasteiger partial charge in [-0.25, -0.2) is 4.39 Å². The van der Waals surface area contributed by atoms with Crippen molar-refractivity contribution in [3.8, 4) is 16.8 Å². The molecular weight excluding hydrogens is 385 g/mol. The smallest absolute Gasteiger partial charge is 0.123 e. The number of aliphatic carboxylic acids is 1. The molecule has 3 aromatic rings. The van der Waals surface area contributed by atoms with Crippen LogP contribution in [0.3, 0.4) is 0 Å². The van der Waals surface area contributed by atoms with E-state index in [1.165, 1.54) is 12.1 Å². The lowest BCUT2D eigenvalue weighted by Crippen LogP contribution is -2.29. The molecule has 0 aliphatic rings. The maximum Gasteiger partial charge on any atom is 0.123 e. The zero-order valence-electron chi connectivity index (χ0n) is 16.8. The molecule has 1 heterocycles. The molecule has 2 atom stereocenters. The number of carbonyl (C=O) groups is 1. The SMILES string of the molecule is Cc1c(CCC(O)C[C@@H](O)CC(=O)[O-])c(-c2ccc(F)cc2)cn1-c1ccccc1. The maximum absolute atomic E-state index is 13.4. The summed E-state index contributed by atoms with van der Waals surface area (Å²) in [4.78, 5) is 10.6. The molecule has 1 unspecified atom stereocenters. The van der Waals surface area contributed by atoms with Crippen molar-refractivity contribution in [1.29, 1.82) is 0 Å². The molecule has 0 aliphatic heterocycles. The van der Waals surface area contributed by atoms with Gasteiger partial charge in [0.05, 0.1) is 12.2 Å². The normalized spacial score (nSPS) is 13.2. The predicted molar refractivity (Wildman–Crippen MR) is 110 cm³/mol. The highest BCUT2D eigenvalue weighted by Gasteiger charge is 2.18. The molecule has 0 saturated heterocycles. The fourth-order valence-corrected chi connectivity index (χ4v) is 3.71. The Morgan fingerprint density at radius 1 is 1.07 bits per heavy atom. The van der Waals surface area contributed by atoms with Crippen LogP contribution in [0.25, 0.3) is 16.8 Å². The highest BCUT2D eigenvalue weighted by atomic mass is 19.1. The molecule has 0 saturated carbocycles. The Morgan fingerprint density at radius 3 is 2.37 bits per heavy atom. The van der Waals surface area contributed by atoms with Crippen molar-refractivity contribution in [2.45, 2.75) is 44.8 Å². The number of nitrogens with zero attached hydrogens (tertiary/aromatic N) is 1. The predicted octanol–water partition coefficient (Wildman–Crippen LogP) is 2.78. The number of hydrogen-bond acceptors (Lipinski definition) is 4. The molecule has 2 aromatic carbocycles. The Labute approximate surface area is 175 Å². The third-order valence-electron chi connectivity index (χ3n) is 5.25. The van der Waals surface area contributed by atoms with Gasteiger partial charge in [0.2, 0.25) is 0 Å². The van der Waals surface area contributed by atoms with Crippen LogP contribution in [0.2, 0.25) is 0 Å². The summed E-state index contributed by atoms with van der Waals surface area (Å²) < 4.78 is 15.5. The van der Waals surface area contributed by atoms with Crippen molar-refractivity contribution in [2.75, 3.05) is 0 Å². The van der Waals surface area contributed by atoms with Gasteiger partial charge in [0.1, 0.15) is 5.82 Å². The number of para-hydroxylation sites is 1. The first-order valence-electron chi connectivity index (χ1n) is 9.93. The minimum Gasteiger partial charge on any atom is -0.550 e. The largest absolute Gasteiger partial charge is 0.550 e. The molecule has 1 aromatic heterocycles. The minimum absolute atomic E-state index is 0.0295. The van der Waals surface area contributed by atoms with E-state index in [9.17, 15) is 24.5 Å². The van der Waals surface area contributed by atoms with Crippen LogP contribution in [0.4, 0.5) is 4.39 Å². The average Bonchev–Trinajstić information content (AvgIpc) is 3.03. The van der Waals surface area contributed by atoms with Crippen molar-refractivity contribution in [2.24, 2.45) is 0 Å². The van der Waals surface area contributed by atoms with Crippen LogP contribution in [0.5, 0.6) is 0 Å². The fraction of sp³-hybridized carbons (Fsp3) is 0.292. The van der Waals surface area contributed by atoms with Gasteiger partial charge in [-0.05, 0) is 61.6 Å². The van der Waals surface area contributed by atoms with Crippen LogP contribution in [0, 0.1) is 12.7 Å². The Kier molecular flexibility index (Phi) is 7.03. The van der Waals surface area contributed by atoms with E-state index < -0.39 is 24.6 Å².